The van der Waals surface area contributed by atoms with Crippen LogP contribution in [0.5, 0.6) is 0 Å². The SMILES string of the molecule is CCS(=O)c1c(C#N)nn(-c2c(Cl)cc(C(F)(F)F)cc2Cl)c1NC(OCCCl)C(Cl)(Cl)Cl. The molecule has 2 aromatic rings. The van der Waals surface area contributed by atoms with E-state index in [-0.39, 0.29) is 40.3 Å². The molecule has 0 aliphatic rings. The molecular formula is C17H13Cl6F3N4O2S. The molecule has 33 heavy (non-hydrogen) atoms. The van der Waals surface area contributed by atoms with E-state index in [9.17, 15) is 22.6 Å². The highest BCUT2D eigenvalue weighted by Crippen LogP contribution is 2.41. The minimum Gasteiger partial charge on any atom is -0.353 e. The third-order valence-corrected chi connectivity index (χ3v) is 6.61. The van der Waals surface area contributed by atoms with E-state index < -0.39 is 42.6 Å². The first-order chi connectivity index (χ1) is 15.3. The lowest BCUT2D eigenvalue weighted by Crippen LogP contribution is -2.38. The molecule has 0 saturated heterocycles. The molecule has 0 fully saturated rings. The Balaban J connectivity index is 2.81. The Hall–Kier alpha value is -0.640. The molecule has 2 atom stereocenters. The molecule has 0 saturated carbocycles. The second-order valence-corrected chi connectivity index (χ2v) is 11.3. The molecule has 16 heteroatoms. The number of benzene rings is 1. The van der Waals surface area contributed by atoms with Gasteiger partial charge in [-0.25, -0.2) is 4.68 Å². The van der Waals surface area contributed by atoms with Crippen molar-refractivity contribution in [3.8, 4) is 11.8 Å². The number of anilines is 1. The third-order valence-electron chi connectivity index (χ3n) is 3.92. The molecule has 0 spiro atoms. The van der Waals surface area contributed by atoms with E-state index in [2.05, 4.69) is 10.4 Å². The molecule has 0 aliphatic heterocycles. The zero-order valence-corrected chi connectivity index (χ0v) is 21.7. The van der Waals surface area contributed by atoms with Gasteiger partial charge in [-0.05, 0) is 12.1 Å². The first-order valence-electron chi connectivity index (χ1n) is 8.75. The molecule has 182 valence electrons. The highest BCUT2D eigenvalue weighted by Gasteiger charge is 2.37. The molecule has 0 amide bonds. The van der Waals surface area contributed by atoms with E-state index >= 15 is 0 Å². The van der Waals surface area contributed by atoms with Gasteiger partial charge in [0.25, 0.3) is 0 Å². The summed E-state index contributed by atoms with van der Waals surface area (Å²) >= 11 is 35.8. The van der Waals surface area contributed by atoms with Crippen LogP contribution in [-0.4, -0.2) is 42.2 Å². The van der Waals surface area contributed by atoms with Gasteiger partial charge in [-0.2, -0.15) is 23.5 Å². The van der Waals surface area contributed by atoms with E-state index in [1.807, 2.05) is 0 Å². The maximum atomic E-state index is 13.2. The second-order valence-electron chi connectivity index (χ2n) is 6.10. The average molecular weight is 607 g/mol. The predicted molar refractivity (Wildman–Crippen MR) is 125 cm³/mol. The van der Waals surface area contributed by atoms with Gasteiger partial charge in [0, 0.05) is 11.6 Å². The Morgan fingerprint density at radius 2 is 1.85 bits per heavy atom. The lowest BCUT2D eigenvalue weighted by atomic mass is 10.2. The number of alkyl halides is 7. The van der Waals surface area contributed by atoms with Crippen LogP contribution < -0.4 is 5.32 Å². The number of aromatic nitrogens is 2. The Kier molecular flexibility index (Phi) is 9.88. The predicted octanol–water partition coefficient (Wildman–Crippen LogP) is 6.56. The lowest BCUT2D eigenvalue weighted by Gasteiger charge is -2.27. The number of nitrogens with zero attached hydrogens (tertiary/aromatic N) is 3. The van der Waals surface area contributed by atoms with Gasteiger partial charge in [0.2, 0.25) is 3.79 Å². The van der Waals surface area contributed by atoms with Gasteiger partial charge in [-0.1, -0.05) is 64.9 Å². The normalized spacial score (nSPS) is 14.1. The monoisotopic (exact) mass is 604 g/mol. The first kappa shape index (κ1) is 28.6. The number of hydrogen-bond acceptors (Lipinski definition) is 5. The van der Waals surface area contributed by atoms with Crippen molar-refractivity contribution in [3.63, 3.8) is 0 Å². The van der Waals surface area contributed by atoms with Crippen LogP contribution in [0.4, 0.5) is 19.0 Å². The molecule has 0 bridgehead atoms. The Labute approximate surface area is 219 Å². The third kappa shape index (κ3) is 6.73. The van der Waals surface area contributed by atoms with Crippen LogP contribution in [0.2, 0.25) is 10.0 Å². The number of rotatable bonds is 8. The summed E-state index contributed by atoms with van der Waals surface area (Å²) in [6.45, 7) is 1.51. The fourth-order valence-corrected chi connectivity index (χ4v) is 4.60. The minimum atomic E-state index is -4.72. The Morgan fingerprint density at radius 3 is 2.27 bits per heavy atom. The van der Waals surface area contributed by atoms with Crippen LogP contribution in [0, 0.1) is 11.3 Å². The van der Waals surface area contributed by atoms with Crippen LogP contribution in [-0.2, 0) is 21.7 Å². The molecule has 1 aromatic heterocycles. The van der Waals surface area contributed by atoms with E-state index in [1.54, 1.807) is 13.0 Å². The highest BCUT2D eigenvalue weighted by molar-refractivity contribution is 7.85. The van der Waals surface area contributed by atoms with Gasteiger partial charge < -0.3 is 10.1 Å². The minimum absolute atomic E-state index is 0.0337. The summed E-state index contributed by atoms with van der Waals surface area (Å²) in [5.74, 6) is -0.0858. The fraction of sp³-hybridized carbons (Fsp3) is 0.412. The smallest absolute Gasteiger partial charge is 0.353 e. The van der Waals surface area contributed by atoms with Crippen LogP contribution >= 0.6 is 69.6 Å². The number of nitrogens with one attached hydrogen (secondary N) is 1. The summed E-state index contributed by atoms with van der Waals surface area (Å²) in [6, 6.07) is 3.04. The van der Waals surface area contributed by atoms with Crippen molar-refractivity contribution in [3.05, 3.63) is 33.4 Å². The van der Waals surface area contributed by atoms with Crippen LogP contribution in [0.25, 0.3) is 5.69 Å². The maximum Gasteiger partial charge on any atom is 0.416 e. The number of ether oxygens (including phenoxy) is 1. The van der Waals surface area contributed by atoms with Crippen molar-refractivity contribution in [1.82, 2.24) is 9.78 Å². The van der Waals surface area contributed by atoms with Crippen LogP contribution in [0.15, 0.2) is 17.0 Å². The summed E-state index contributed by atoms with van der Waals surface area (Å²) in [7, 11) is -1.79. The number of nitriles is 1. The molecule has 0 aliphatic carbocycles. The Morgan fingerprint density at radius 1 is 1.27 bits per heavy atom. The largest absolute Gasteiger partial charge is 0.416 e. The lowest BCUT2D eigenvalue weighted by molar-refractivity contribution is -0.137. The van der Waals surface area contributed by atoms with E-state index in [0.29, 0.717) is 12.1 Å². The van der Waals surface area contributed by atoms with Gasteiger partial charge in [-0.15, -0.1) is 11.6 Å². The van der Waals surface area contributed by atoms with E-state index in [0.717, 1.165) is 4.68 Å². The zero-order valence-electron chi connectivity index (χ0n) is 16.3. The van der Waals surface area contributed by atoms with Crippen molar-refractivity contribution in [1.29, 1.82) is 5.26 Å². The molecule has 1 N–H and O–H groups in total. The van der Waals surface area contributed by atoms with Gasteiger partial charge in [-0.3, -0.25) is 4.21 Å². The standard InChI is InChI=1S/C17H13Cl6F3N4O2S/c1-2-33(31)13-11(7-27)29-30(14(13)28-15(16(21,22)23)32-4-3-18)12-9(19)5-8(6-10(12)20)17(24,25)26/h5-6,15,28H,2-4H2,1H3. The summed E-state index contributed by atoms with van der Waals surface area (Å²) in [5.41, 5.74) is -1.65. The van der Waals surface area contributed by atoms with Crippen molar-refractivity contribution < 1.29 is 22.1 Å². The highest BCUT2D eigenvalue weighted by atomic mass is 35.6. The van der Waals surface area contributed by atoms with Crippen molar-refractivity contribution in [2.24, 2.45) is 0 Å². The number of hydrogen-bond donors (Lipinski definition) is 1. The van der Waals surface area contributed by atoms with Gasteiger partial charge in [0.1, 0.15) is 22.5 Å². The average Bonchev–Trinajstić information content (AvgIpc) is 3.06. The first-order valence-corrected chi connectivity index (χ1v) is 12.5. The number of halogens is 9. The topological polar surface area (TPSA) is 79.9 Å². The molecule has 1 aromatic carbocycles. The summed E-state index contributed by atoms with van der Waals surface area (Å²) in [4.78, 5) is -0.110. The molecule has 1 heterocycles. The van der Waals surface area contributed by atoms with E-state index in [4.69, 9.17) is 74.3 Å². The zero-order chi connectivity index (χ0) is 25.1. The molecule has 2 unspecified atom stereocenters. The van der Waals surface area contributed by atoms with Crippen LogP contribution in [0.3, 0.4) is 0 Å². The summed E-state index contributed by atoms with van der Waals surface area (Å²) in [6.07, 6.45) is -6.12. The molecule has 6 nitrogen and oxygen atoms in total. The molecule has 0 radical (unpaired) electrons. The van der Waals surface area contributed by atoms with Crippen molar-refractivity contribution in [2.45, 2.75) is 28.0 Å². The van der Waals surface area contributed by atoms with Crippen molar-refractivity contribution >= 4 is 86.2 Å². The quantitative estimate of drug-likeness (QED) is 0.272. The molecule has 2 rings (SSSR count). The van der Waals surface area contributed by atoms with E-state index in [1.165, 1.54) is 0 Å². The van der Waals surface area contributed by atoms with Crippen molar-refractivity contribution in [2.75, 3.05) is 23.6 Å². The summed E-state index contributed by atoms with van der Waals surface area (Å²) in [5, 5.41) is 15.4. The summed E-state index contributed by atoms with van der Waals surface area (Å²) < 4.78 is 56.4. The van der Waals surface area contributed by atoms with Crippen LogP contribution in [0.1, 0.15) is 18.2 Å². The molecular weight excluding hydrogens is 594 g/mol. The van der Waals surface area contributed by atoms with Gasteiger partial charge in [0.15, 0.2) is 11.9 Å². The van der Waals surface area contributed by atoms with Gasteiger partial charge >= 0.3 is 6.18 Å². The second kappa shape index (κ2) is 11.4. The van der Waals surface area contributed by atoms with Gasteiger partial charge in [0.05, 0.1) is 33.0 Å². The Bertz CT molecular complexity index is 1060. The fourth-order valence-electron chi connectivity index (χ4n) is 2.56. The maximum absolute atomic E-state index is 13.2.